The smallest absolute Gasteiger partial charge is 0.246 e. The first-order chi connectivity index (χ1) is 10.1. The number of nitrogens with zero attached hydrogens (tertiary/aromatic N) is 3. The summed E-state index contributed by atoms with van der Waals surface area (Å²) in [7, 11) is 0. The standard InChI is InChI=1S/C14H15Cl2N3O2/c15-9-4-5-12(16)17-10(9)7-18-8-13(20)19-6-2-1-3-11(19)14(18)21/h4-5,11H,1-3,6-8H2. The molecule has 0 aliphatic carbocycles. The average Bonchev–Trinajstić information content (AvgIpc) is 2.48. The molecule has 5 nitrogen and oxygen atoms in total. The Morgan fingerprint density at radius 3 is 2.86 bits per heavy atom. The van der Waals surface area contributed by atoms with Gasteiger partial charge in [0, 0.05) is 6.54 Å². The molecule has 0 radical (unpaired) electrons. The largest absolute Gasteiger partial charge is 0.329 e. The van der Waals surface area contributed by atoms with Crippen LogP contribution in [0.2, 0.25) is 10.2 Å². The number of hydrogen-bond donors (Lipinski definition) is 0. The first kappa shape index (κ1) is 14.6. The normalized spacial score (nSPS) is 22.5. The predicted octanol–water partition coefficient (Wildman–Crippen LogP) is 2.11. The van der Waals surface area contributed by atoms with Crippen molar-refractivity contribution >= 4 is 35.0 Å². The fourth-order valence-electron chi connectivity index (χ4n) is 2.91. The molecule has 1 aromatic rings. The minimum absolute atomic E-state index is 0.00236. The molecule has 0 saturated carbocycles. The molecule has 2 aliphatic rings. The molecule has 0 spiro atoms. The zero-order valence-corrected chi connectivity index (χ0v) is 12.9. The third-order valence-corrected chi connectivity index (χ3v) is 4.53. The van der Waals surface area contributed by atoms with Gasteiger partial charge < -0.3 is 9.80 Å². The van der Waals surface area contributed by atoms with Gasteiger partial charge in [-0.3, -0.25) is 9.59 Å². The molecule has 2 saturated heterocycles. The number of pyridine rings is 1. The highest BCUT2D eigenvalue weighted by atomic mass is 35.5. The average molecular weight is 328 g/mol. The molecule has 3 heterocycles. The van der Waals surface area contributed by atoms with Gasteiger partial charge in [-0.15, -0.1) is 0 Å². The maximum atomic E-state index is 12.5. The minimum atomic E-state index is -0.321. The van der Waals surface area contributed by atoms with Crippen molar-refractivity contribution in [1.82, 2.24) is 14.8 Å². The van der Waals surface area contributed by atoms with Gasteiger partial charge in [-0.1, -0.05) is 23.2 Å². The van der Waals surface area contributed by atoms with E-state index in [0.29, 0.717) is 22.4 Å². The fraction of sp³-hybridized carbons (Fsp3) is 0.500. The lowest BCUT2D eigenvalue weighted by molar-refractivity contribution is -0.158. The molecule has 112 valence electrons. The molecule has 7 heteroatoms. The van der Waals surface area contributed by atoms with Crippen molar-refractivity contribution in [3.63, 3.8) is 0 Å². The van der Waals surface area contributed by atoms with Gasteiger partial charge >= 0.3 is 0 Å². The van der Waals surface area contributed by atoms with Crippen LogP contribution >= 0.6 is 23.2 Å². The molecule has 2 amide bonds. The van der Waals surface area contributed by atoms with Gasteiger partial charge in [0.25, 0.3) is 0 Å². The molecular formula is C14H15Cl2N3O2. The summed E-state index contributed by atoms with van der Waals surface area (Å²) in [6, 6.07) is 2.92. The summed E-state index contributed by atoms with van der Waals surface area (Å²) < 4.78 is 0. The number of rotatable bonds is 2. The van der Waals surface area contributed by atoms with Crippen molar-refractivity contribution in [2.75, 3.05) is 13.1 Å². The van der Waals surface area contributed by atoms with Crippen molar-refractivity contribution < 1.29 is 9.59 Å². The summed E-state index contributed by atoms with van der Waals surface area (Å²) in [6.45, 7) is 0.980. The number of fused-ring (bicyclic) bond motifs is 1. The Morgan fingerprint density at radius 1 is 1.24 bits per heavy atom. The van der Waals surface area contributed by atoms with E-state index in [1.54, 1.807) is 17.0 Å². The summed E-state index contributed by atoms with van der Waals surface area (Å²) >= 11 is 11.9. The Kier molecular flexibility index (Phi) is 4.04. The highest BCUT2D eigenvalue weighted by molar-refractivity contribution is 6.32. The third kappa shape index (κ3) is 2.85. The summed E-state index contributed by atoms with van der Waals surface area (Å²) in [4.78, 5) is 32.1. The van der Waals surface area contributed by atoms with Crippen molar-refractivity contribution in [1.29, 1.82) is 0 Å². The third-order valence-electron chi connectivity index (χ3n) is 3.97. The first-order valence-corrected chi connectivity index (χ1v) is 7.71. The lowest BCUT2D eigenvalue weighted by Crippen LogP contribution is -2.60. The maximum absolute atomic E-state index is 12.5. The Bertz CT molecular complexity index is 594. The molecule has 0 N–H and O–H groups in total. The predicted molar refractivity (Wildman–Crippen MR) is 79.0 cm³/mol. The Hall–Kier alpha value is -1.33. The van der Waals surface area contributed by atoms with E-state index >= 15 is 0 Å². The lowest BCUT2D eigenvalue weighted by atomic mass is 9.98. The number of amides is 2. The van der Waals surface area contributed by atoms with Crippen molar-refractivity contribution in [2.24, 2.45) is 0 Å². The van der Waals surface area contributed by atoms with Crippen molar-refractivity contribution in [3.8, 4) is 0 Å². The van der Waals surface area contributed by atoms with Gasteiger partial charge in [0.15, 0.2) is 0 Å². The quantitative estimate of drug-likeness (QED) is 0.782. The molecule has 21 heavy (non-hydrogen) atoms. The number of hydrogen-bond acceptors (Lipinski definition) is 3. The second kappa shape index (κ2) is 5.81. The number of aromatic nitrogens is 1. The van der Waals surface area contributed by atoms with Gasteiger partial charge in [-0.05, 0) is 31.4 Å². The van der Waals surface area contributed by atoms with Crippen LogP contribution < -0.4 is 0 Å². The highest BCUT2D eigenvalue weighted by Crippen LogP contribution is 2.25. The molecular weight excluding hydrogens is 313 g/mol. The van der Waals surface area contributed by atoms with Gasteiger partial charge in [0.2, 0.25) is 11.8 Å². The zero-order valence-electron chi connectivity index (χ0n) is 11.4. The summed E-state index contributed by atoms with van der Waals surface area (Å²) in [5.41, 5.74) is 0.523. The molecule has 1 atom stereocenters. The second-order valence-electron chi connectivity index (χ2n) is 5.36. The number of carbonyl (C=O) groups excluding carboxylic acids is 2. The van der Waals surface area contributed by atoms with Crippen LogP contribution in [-0.2, 0) is 16.1 Å². The van der Waals surface area contributed by atoms with Gasteiger partial charge in [0.1, 0.15) is 17.7 Å². The van der Waals surface area contributed by atoms with E-state index in [9.17, 15) is 9.59 Å². The minimum Gasteiger partial charge on any atom is -0.329 e. The second-order valence-corrected chi connectivity index (χ2v) is 6.15. The summed E-state index contributed by atoms with van der Waals surface area (Å²) in [6.07, 6.45) is 2.68. The number of halogens is 2. The van der Waals surface area contributed by atoms with Crippen LogP contribution in [0, 0.1) is 0 Å². The van der Waals surface area contributed by atoms with Crippen LogP contribution in [0.5, 0.6) is 0 Å². The molecule has 1 unspecified atom stereocenters. The van der Waals surface area contributed by atoms with Gasteiger partial charge in [-0.2, -0.15) is 0 Å². The van der Waals surface area contributed by atoms with Crippen LogP contribution in [0.3, 0.4) is 0 Å². The van der Waals surface area contributed by atoms with Gasteiger partial charge in [0.05, 0.1) is 17.3 Å². The topological polar surface area (TPSA) is 53.5 Å². The SMILES string of the molecule is O=C1C2CCCCN2C(=O)CN1Cc1nc(Cl)ccc1Cl. The van der Waals surface area contributed by atoms with Crippen LogP contribution in [-0.4, -0.2) is 45.7 Å². The molecule has 0 aromatic carbocycles. The maximum Gasteiger partial charge on any atom is 0.246 e. The highest BCUT2D eigenvalue weighted by Gasteiger charge is 2.40. The number of piperidine rings is 1. The molecule has 2 aliphatic heterocycles. The zero-order chi connectivity index (χ0) is 15.0. The van der Waals surface area contributed by atoms with E-state index in [-0.39, 0.29) is 30.9 Å². The lowest BCUT2D eigenvalue weighted by Gasteiger charge is -2.42. The van der Waals surface area contributed by atoms with E-state index in [1.165, 1.54) is 4.90 Å². The molecule has 3 rings (SSSR count). The molecule has 0 bridgehead atoms. The fourth-order valence-corrected chi connectivity index (χ4v) is 3.24. The Morgan fingerprint density at radius 2 is 2.05 bits per heavy atom. The van der Waals surface area contributed by atoms with E-state index in [4.69, 9.17) is 23.2 Å². The van der Waals surface area contributed by atoms with Crippen LogP contribution in [0.1, 0.15) is 25.0 Å². The summed E-state index contributed by atoms with van der Waals surface area (Å²) in [5, 5.41) is 0.773. The molecule has 1 aromatic heterocycles. The van der Waals surface area contributed by atoms with Crippen LogP contribution in [0.15, 0.2) is 12.1 Å². The van der Waals surface area contributed by atoms with E-state index in [2.05, 4.69) is 4.98 Å². The summed E-state index contributed by atoms with van der Waals surface area (Å²) in [5.74, 6) is -0.0235. The molecule has 2 fully saturated rings. The van der Waals surface area contributed by atoms with Gasteiger partial charge in [-0.25, -0.2) is 4.98 Å². The van der Waals surface area contributed by atoms with E-state index in [0.717, 1.165) is 19.3 Å². The number of carbonyl (C=O) groups is 2. The van der Waals surface area contributed by atoms with Crippen molar-refractivity contribution in [2.45, 2.75) is 31.8 Å². The van der Waals surface area contributed by atoms with Crippen LogP contribution in [0.25, 0.3) is 0 Å². The Balaban J connectivity index is 1.81. The number of piperazine rings is 1. The monoisotopic (exact) mass is 327 g/mol. The first-order valence-electron chi connectivity index (χ1n) is 6.95. The van der Waals surface area contributed by atoms with E-state index < -0.39 is 0 Å². The van der Waals surface area contributed by atoms with Crippen molar-refractivity contribution in [3.05, 3.63) is 28.0 Å². The van der Waals surface area contributed by atoms with E-state index in [1.807, 2.05) is 0 Å². The van der Waals surface area contributed by atoms with Crippen LogP contribution in [0.4, 0.5) is 0 Å². The Labute approximate surface area is 132 Å².